The molecule has 0 spiro atoms. The molecule has 1 aliphatic heterocycles. The van der Waals surface area contributed by atoms with E-state index in [1.165, 1.54) is 35.5 Å². The molecule has 0 aliphatic carbocycles. The summed E-state index contributed by atoms with van der Waals surface area (Å²) in [7, 11) is -3.77. The van der Waals surface area contributed by atoms with E-state index in [1.807, 2.05) is 26.0 Å². The molecule has 154 valence electrons. The first kappa shape index (κ1) is 21.0. The summed E-state index contributed by atoms with van der Waals surface area (Å²) >= 11 is 0. The van der Waals surface area contributed by atoms with Crippen molar-refractivity contribution in [3.05, 3.63) is 59.2 Å². The van der Waals surface area contributed by atoms with Gasteiger partial charge in [-0.15, -0.1) is 0 Å². The van der Waals surface area contributed by atoms with Gasteiger partial charge >= 0.3 is 5.97 Å². The Bertz CT molecular complexity index is 1040. The van der Waals surface area contributed by atoms with Crippen LogP contribution in [0.2, 0.25) is 0 Å². The van der Waals surface area contributed by atoms with Crippen LogP contribution in [-0.2, 0) is 14.8 Å². The highest BCUT2D eigenvalue weighted by Crippen LogP contribution is 2.22. The Morgan fingerprint density at radius 2 is 1.66 bits per heavy atom. The average Bonchev–Trinajstić information content (AvgIpc) is 2.70. The second-order valence-electron chi connectivity index (χ2n) is 7.10. The zero-order valence-corrected chi connectivity index (χ0v) is 17.5. The highest BCUT2D eigenvalue weighted by atomic mass is 32.2. The van der Waals surface area contributed by atoms with E-state index in [9.17, 15) is 18.0 Å². The van der Waals surface area contributed by atoms with Gasteiger partial charge in [0.25, 0.3) is 0 Å². The minimum Gasteiger partial charge on any atom is -0.423 e. The quantitative estimate of drug-likeness (QED) is 0.564. The van der Waals surface area contributed by atoms with E-state index < -0.39 is 16.0 Å². The minimum atomic E-state index is -3.77. The van der Waals surface area contributed by atoms with Gasteiger partial charge in [-0.1, -0.05) is 23.8 Å². The van der Waals surface area contributed by atoms with E-state index in [0.717, 1.165) is 11.1 Å². The topological polar surface area (TPSA) is 84.0 Å². The molecule has 8 heteroatoms. The predicted octanol–water partition coefficient (Wildman–Crippen LogP) is 2.38. The average molecular weight is 416 g/mol. The molecule has 2 aromatic carbocycles. The number of hydrogen-bond acceptors (Lipinski definition) is 5. The molecule has 7 nitrogen and oxygen atoms in total. The van der Waals surface area contributed by atoms with Crippen LogP contribution in [0.25, 0.3) is 0 Å². The zero-order valence-electron chi connectivity index (χ0n) is 16.7. The molecule has 1 aliphatic rings. The van der Waals surface area contributed by atoms with Crippen LogP contribution in [0, 0.1) is 13.8 Å². The van der Waals surface area contributed by atoms with Gasteiger partial charge < -0.3 is 9.64 Å². The summed E-state index contributed by atoms with van der Waals surface area (Å²) in [6, 6.07) is 11.3. The highest BCUT2D eigenvalue weighted by molar-refractivity contribution is 7.89. The molecule has 2 aromatic rings. The molecule has 1 amide bonds. The Morgan fingerprint density at radius 3 is 2.28 bits per heavy atom. The van der Waals surface area contributed by atoms with Crippen molar-refractivity contribution in [3.63, 3.8) is 0 Å². The lowest BCUT2D eigenvalue weighted by Crippen LogP contribution is -2.49. The lowest BCUT2D eigenvalue weighted by molar-refractivity contribution is -0.129. The van der Waals surface area contributed by atoms with Crippen molar-refractivity contribution in [1.29, 1.82) is 0 Å². The van der Waals surface area contributed by atoms with E-state index in [1.54, 1.807) is 11.0 Å². The smallest absolute Gasteiger partial charge is 0.343 e. The molecule has 0 saturated carbocycles. The molecule has 0 aromatic heterocycles. The van der Waals surface area contributed by atoms with E-state index in [0.29, 0.717) is 18.8 Å². The number of ether oxygens (including phenoxy) is 1. The molecule has 0 N–H and O–H groups in total. The van der Waals surface area contributed by atoms with Crippen molar-refractivity contribution in [1.82, 2.24) is 9.21 Å². The second-order valence-corrected chi connectivity index (χ2v) is 9.03. The van der Waals surface area contributed by atoms with Crippen LogP contribution in [-0.4, -0.2) is 55.7 Å². The van der Waals surface area contributed by atoms with E-state index in [4.69, 9.17) is 4.74 Å². The van der Waals surface area contributed by atoms with E-state index >= 15 is 0 Å². The number of hydrogen-bond donors (Lipinski definition) is 0. The number of amides is 1. The Kier molecular flexibility index (Phi) is 6.04. The molecule has 1 fully saturated rings. The molecule has 3 rings (SSSR count). The van der Waals surface area contributed by atoms with E-state index in [-0.39, 0.29) is 29.5 Å². The fourth-order valence-corrected chi connectivity index (χ4v) is 4.72. The predicted molar refractivity (Wildman–Crippen MR) is 108 cm³/mol. The normalized spacial score (nSPS) is 15.2. The van der Waals surface area contributed by atoms with Crippen molar-refractivity contribution >= 4 is 21.9 Å². The van der Waals surface area contributed by atoms with Gasteiger partial charge in [0.15, 0.2) is 0 Å². The summed E-state index contributed by atoms with van der Waals surface area (Å²) in [6.07, 6.45) is 0. The summed E-state index contributed by atoms with van der Waals surface area (Å²) in [6.45, 7) is 6.40. The van der Waals surface area contributed by atoms with Gasteiger partial charge in [0.05, 0.1) is 10.5 Å². The monoisotopic (exact) mass is 416 g/mol. The minimum absolute atomic E-state index is 0.0313. The summed E-state index contributed by atoms with van der Waals surface area (Å²) in [5, 5.41) is 0. The zero-order chi connectivity index (χ0) is 21.2. The fraction of sp³-hybridized carbons (Fsp3) is 0.333. The highest BCUT2D eigenvalue weighted by Gasteiger charge is 2.29. The van der Waals surface area contributed by atoms with E-state index in [2.05, 4.69) is 0 Å². The van der Waals surface area contributed by atoms with Crippen molar-refractivity contribution in [2.75, 3.05) is 26.2 Å². The molecule has 29 heavy (non-hydrogen) atoms. The van der Waals surface area contributed by atoms with Crippen molar-refractivity contribution in [2.45, 2.75) is 25.7 Å². The van der Waals surface area contributed by atoms with Gasteiger partial charge in [0, 0.05) is 33.1 Å². The molecule has 0 atom stereocenters. The third-order valence-electron chi connectivity index (χ3n) is 4.92. The van der Waals surface area contributed by atoms with Gasteiger partial charge in [0.1, 0.15) is 5.75 Å². The molecular formula is C21H24N2O5S. The number of carbonyl (C=O) groups excluding carboxylic acids is 2. The van der Waals surface area contributed by atoms with Gasteiger partial charge in [-0.05, 0) is 43.7 Å². The van der Waals surface area contributed by atoms with Gasteiger partial charge in [-0.3, -0.25) is 4.79 Å². The Balaban J connectivity index is 1.78. The molecular weight excluding hydrogens is 392 g/mol. The molecule has 0 bridgehead atoms. The van der Waals surface area contributed by atoms with Crippen LogP contribution in [0.1, 0.15) is 28.4 Å². The number of nitrogens with zero attached hydrogens (tertiary/aromatic N) is 2. The maximum absolute atomic E-state index is 13.0. The third-order valence-corrected chi connectivity index (χ3v) is 6.82. The van der Waals surface area contributed by atoms with Gasteiger partial charge in [-0.25, -0.2) is 13.2 Å². The van der Waals surface area contributed by atoms with Gasteiger partial charge in [0.2, 0.25) is 15.9 Å². The summed E-state index contributed by atoms with van der Waals surface area (Å²) in [5.74, 6) is -0.247. The van der Waals surface area contributed by atoms with Crippen LogP contribution in [0.4, 0.5) is 0 Å². The largest absolute Gasteiger partial charge is 0.423 e. The van der Waals surface area contributed by atoms with Crippen LogP contribution in [0.15, 0.2) is 47.4 Å². The number of piperazine rings is 1. The lowest BCUT2D eigenvalue weighted by atomic mass is 10.1. The number of benzene rings is 2. The molecule has 0 radical (unpaired) electrons. The number of sulfonamides is 1. The first-order valence-corrected chi connectivity index (χ1v) is 10.8. The first-order valence-electron chi connectivity index (χ1n) is 9.33. The summed E-state index contributed by atoms with van der Waals surface area (Å²) in [4.78, 5) is 25.6. The van der Waals surface area contributed by atoms with Crippen LogP contribution >= 0.6 is 0 Å². The lowest BCUT2D eigenvalue weighted by Gasteiger charge is -2.33. The van der Waals surface area contributed by atoms with Crippen LogP contribution in [0.5, 0.6) is 5.75 Å². The standard InChI is InChI=1S/C21H24N2O5S/c1-15-7-8-20(16(2)13-15)28-21(25)18-5-4-6-19(14-18)29(26,27)23-11-9-22(10-12-23)17(3)24/h4-8,13-14H,9-12H2,1-3H3. The van der Waals surface area contributed by atoms with Gasteiger partial charge in [-0.2, -0.15) is 4.31 Å². The maximum Gasteiger partial charge on any atom is 0.343 e. The number of esters is 1. The number of aryl methyl sites for hydroxylation is 2. The first-order chi connectivity index (χ1) is 13.7. The summed E-state index contributed by atoms with van der Waals surface area (Å²) in [5.41, 5.74) is 2.04. The molecule has 1 saturated heterocycles. The summed E-state index contributed by atoms with van der Waals surface area (Å²) < 4.78 is 32.7. The van der Waals surface area contributed by atoms with Crippen molar-refractivity contribution < 1.29 is 22.7 Å². The Morgan fingerprint density at radius 1 is 0.966 bits per heavy atom. The molecule has 1 heterocycles. The fourth-order valence-electron chi connectivity index (χ4n) is 3.25. The Hall–Kier alpha value is -2.71. The van der Waals surface area contributed by atoms with Crippen molar-refractivity contribution in [2.24, 2.45) is 0 Å². The SMILES string of the molecule is CC(=O)N1CCN(S(=O)(=O)c2cccc(C(=O)Oc3ccc(C)cc3C)c2)CC1. The maximum atomic E-state index is 13.0. The number of rotatable bonds is 4. The van der Waals surface area contributed by atoms with Crippen LogP contribution < -0.4 is 4.74 Å². The Labute approximate surface area is 170 Å². The van der Waals surface area contributed by atoms with Crippen molar-refractivity contribution in [3.8, 4) is 5.75 Å². The molecule has 0 unspecified atom stereocenters. The van der Waals surface area contributed by atoms with Crippen LogP contribution in [0.3, 0.4) is 0 Å². The second kappa shape index (κ2) is 8.34. The third kappa shape index (κ3) is 4.65. The number of carbonyl (C=O) groups is 2.